The lowest BCUT2D eigenvalue weighted by Crippen LogP contribution is -1.96. The van der Waals surface area contributed by atoms with Crippen LogP contribution in [-0.2, 0) is 9.05 Å². The number of halogens is 4. The van der Waals surface area contributed by atoms with Crippen LogP contribution < -0.4 is 0 Å². The number of rotatable bonds is 1. The van der Waals surface area contributed by atoms with Gasteiger partial charge in [-0.05, 0) is 12.1 Å². The molecule has 0 fully saturated rings. The lowest BCUT2D eigenvalue weighted by molar-refractivity contribution is 0.505. The molecule has 0 aliphatic heterocycles. The number of hydrogen-bond donors (Lipinski definition) is 0. The van der Waals surface area contributed by atoms with Gasteiger partial charge >= 0.3 is 0 Å². The second-order valence-corrected chi connectivity index (χ2v) is 5.02. The van der Waals surface area contributed by atoms with E-state index in [4.69, 9.17) is 22.3 Å². The molecule has 1 rings (SSSR count). The van der Waals surface area contributed by atoms with Gasteiger partial charge in [0.25, 0.3) is 9.05 Å². The summed E-state index contributed by atoms with van der Waals surface area (Å²) in [6.45, 7) is 0. The van der Waals surface area contributed by atoms with Crippen molar-refractivity contribution in [2.75, 3.05) is 0 Å². The van der Waals surface area contributed by atoms with E-state index in [2.05, 4.69) is 0 Å². The molecular formula is C6H2Cl2F2O2S. The molecule has 0 saturated carbocycles. The van der Waals surface area contributed by atoms with Crippen LogP contribution in [0.2, 0.25) is 5.02 Å². The smallest absolute Gasteiger partial charge is 0.207 e. The first-order valence-corrected chi connectivity index (χ1v) is 5.61. The lowest BCUT2D eigenvalue weighted by Gasteiger charge is -2.00. The van der Waals surface area contributed by atoms with E-state index < -0.39 is 30.6 Å². The van der Waals surface area contributed by atoms with Crippen LogP contribution in [0.5, 0.6) is 0 Å². The molecule has 0 unspecified atom stereocenters. The van der Waals surface area contributed by atoms with Gasteiger partial charge in [0, 0.05) is 10.7 Å². The fourth-order valence-corrected chi connectivity index (χ4v) is 2.19. The first-order valence-electron chi connectivity index (χ1n) is 2.92. The van der Waals surface area contributed by atoms with Crippen molar-refractivity contribution in [3.05, 3.63) is 28.8 Å². The van der Waals surface area contributed by atoms with Gasteiger partial charge in [-0.15, -0.1) is 0 Å². The Morgan fingerprint density at radius 2 is 1.77 bits per heavy atom. The zero-order valence-electron chi connectivity index (χ0n) is 5.89. The van der Waals surface area contributed by atoms with Crippen molar-refractivity contribution in [1.82, 2.24) is 0 Å². The molecule has 0 N–H and O–H groups in total. The average Bonchev–Trinajstić information content (AvgIpc) is 1.98. The molecular weight excluding hydrogens is 245 g/mol. The largest absolute Gasteiger partial charge is 0.262 e. The standard InChI is InChI=1S/C6H2Cl2F2O2S/c7-5-4(13(8,11)12)2-1-3(9)6(5)10/h1-2H. The molecule has 0 aliphatic rings. The third-order valence-corrected chi connectivity index (χ3v) is 3.11. The molecule has 0 saturated heterocycles. The third kappa shape index (κ3) is 2.10. The van der Waals surface area contributed by atoms with Crippen LogP contribution in [0.4, 0.5) is 8.78 Å². The highest BCUT2D eigenvalue weighted by atomic mass is 35.7. The summed E-state index contributed by atoms with van der Waals surface area (Å²) in [6, 6.07) is 1.43. The molecule has 0 atom stereocenters. The highest BCUT2D eigenvalue weighted by Gasteiger charge is 2.19. The molecule has 0 radical (unpaired) electrons. The van der Waals surface area contributed by atoms with Crippen LogP contribution in [0.1, 0.15) is 0 Å². The zero-order chi connectivity index (χ0) is 10.2. The van der Waals surface area contributed by atoms with Crippen LogP contribution in [-0.4, -0.2) is 8.42 Å². The summed E-state index contributed by atoms with van der Waals surface area (Å²) < 4.78 is 46.6. The fraction of sp³-hybridized carbons (Fsp3) is 0. The van der Waals surface area contributed by atoms with Gasteiger partial charge < -0.3 is 0 Å². The van der Waals surface area contributed by atoms with E-state index in [1.165, 1.54) is 0 Å². The third-order valence-electron chi connectivity index (χ3n) is 1.26. The lowest BCUT2D eigenvalue weighted by atomic mass is 10.3. The molecule has 72 valence electrons. The molecule has 1 aromatic rings. The normalized spacial score (nSPS) is 11.7. The Labute approximate surface area is 82.5 Å². The molecule has 0 aromatic heterocycles. The van der Waals surface area contributed by atoms with Crippen LogP contribution in [0.25, 0.3) is 0 Å². The van der Waals surface area contributed by atoms with Crippen LogP contribution in [0.3, 0.4) is 0 Å². The van der Waals surface area contributed by atoms with Gasteiger partial charge in [-0.3, -0.25) is 0 Å². The summed E-state index contributed by atoms with van der Waals surface area (Å²) in [4.78, 5) is -0.644. The molecule has 0 aliphatic carbocycles. The molecule has 0 amide bonds. The van der Waals surface area contributed by atoms with E-state index in [0.29, 0.717) is 6.07 Å². The summed E-state index contributed by atoms with van der Waals surface area (Å²) in [5.41, 5.74) is 0. The first kappa shape index (κ1) is 10.7. The predicted octanol–water partition coefficient (Wildman–Crippen LogP) is 2.55. The minimum absolute atomic E-state index is 0.635. The van der Waals surface area contributed by atoms with Crippen molar-refractivity contribution in [2.24, 2.45) is 0 Å². The second-order valence-electron chi connectivity index (χ2n) is 2.11. The molecule has 0 spiro atoms. The molecule has 7 heteroatoms. The van der Waals surface area contributed by atoms with Crippen molar-refractivity contribution in [3.8, 4) is 0 Å². The number of hydrogen-bond acceptors (Lipinski definition) is 2. The summed E-state index contributed by atoms with van der Waals surface area (Å²) in [7, 11) is 0.748. The highest BCUT2D eigenvalue weighted by Crippen LogP contribution is 2.28. The summed E-state index contributed by atoms with van der Waals surface area (Å²) in [5, 5.41) is -0.838. The van der Waals surface area contributed by atoms with E-state index in [0.717, 1.165) is 6.07 Å². The van der Waals surface area contributed by atoms with Gasteiger partial charge in [-0.2, -0.15) is 0 Å². The summed E-state index contributed by atoms with van der Waals surface area (Å²) in [5.74, 6) is -2.66. The van der Waals surface area contributed by atoms with Gasteiger partial charge in [-0.25, -0.2) is 17.2 Å². The quantitative estimate of drug-likeness (QED) is 0.564. The Balaban J connectivity index is 3.53. The summed E-state index contributed by atoms with van der Waals surface area (Å²) in [6.07, 6.45) is 0. The van der Waals surface area contributed by atoms with E-state index in [1.54, 1.807) is 0 Å². The molecule has 13 heavy (non-hydrogen) atoms. The van der Waals surface area contributed by atoms with Gasteiger partial charge in [0.1, 0.15) is 4.90 Å². The average molecular weight is 247 g/mol. The Morgan fingerprint density at radius 1 is 1.23 bits per heavy atom. The zero-order valence-corrected chi connectivity index (χ0v) is 8.22. The van der Waals surface area contributed by atoms with Gasteiger partial charge in [0.2, 0.25) is 0 Å². The van der Waals surface area contributed by atoms with Crippen molar-refractivity contribution in [1.29, 1.82) is 0 Å². The fourth-order valence-electron chi connectivity index (χ4n) is 0.696. The van der Waals surface area contributed by atoms with Gasteiger partial charge in [0.05, 0.1) is 5.02 Å². The van der Waals surface area contributed by atoms with E-state index in [1.807, 2.05) is 0 Å². The molecule has 0 bridgehead atoms. The SMILES string of the molecule is O=S(=O)(Cl)c1ccc(F)c(F)c1Cl. The first-order chi connectivity index (χ1) is 5.84. The van der Waals surface area contributed by atoms with Crippen molar-refractivity contribution < 1.29 is 17.2 Å². The second kappa shape index (κ2) is 3.40. The predicted molar refractivity (Wildman–Crippen MR) is 44.4 cm³/mol. The molecule has 1 aromatic carbocycles. The van der Waals surface area contributed by atoms with Crippen molar-refractivity contribution in [2.45, 2.75) is 4.90 Å². The van der Waals surface area contributed by atoms with E-state index in [9.17, 15) is 17.2 Å². The molecule has 0 heterocycles. The van der Waals surface area contributed by atoms with Crippen LogP contribution >= 0.6 is 22.3 Å². The Kier molecular flexibility index (Phi) is 2.79. The Bertz CT molecular complexity index is 444. The Hall–Kier alpha value is -0.390. The van der Waals surface area contributed by atoms with Gasteiger partial charge in [-0.1, -0.05) is 11.6 Å². The van der Waals surface area contributed by atoms with Crippen LogP contribution in [0.15, 0.2) is 17.0 Å². The van der Waals surface area contributed by atoms with Crippen molar-refractivity contribution in [3.63, 3.8) is 0 Å². The minimum Gasteiger partial charge on any atom is -0.207 e. The van der Waals surface area contributed by atoms with Gasteiger partial charge in [0.15, 0.2) is 11.6 Å². The topological polar surface area (TPSA) is 34.1 Å². The maximum atomic E-state index is 12.7. The monoisotopic (exact) mass is 246 g/mol. The van der Waals surface area contributed by atoms with E-state index >= 15 is 0 Å². The summed E-state index contributed by atoms with van der Waals surface area (Å²) >= 11 is 5.20. The number of benzene rings is 1. The highest BCUT2D eigenvalue weighted by molar-refractivity contribution is 8.13. The maximum Gasteiger partial charge on any atom is 0.262 e. The van der Waals surface area contributed by atoms with Crippen molar-refractivity contribution >= 4 is 31.3 Å². The van der Waals surface area contributed by atoms with Crippen LogP contribution in [0, 0.1) is 11.6 Å². The van der Waals surface area contributed by atoms with E-state index in [-0.39, 0.29) is 0 Å². The maximum absolute atomic E-state index is 12.7. The minimum atomic E-state index is -4.14. The Morgan fingerprint density at radius 3 is 2.23 bits per heavy atom. The molecule has 2 nitrogen and oxygen atoms in total.